The molecule has 0 radical (unpaired) electrons. The first-order valence-corrected chi connectivity index (χ1v) is 11.8. The van der Waals surface area contributed by atoms with Crippen molar-refractivity contribution < 1.29 is 4.74 Å². The van der Waals surface area contributed by atoms with Gasteiger partial charge in [0.05, 0.1) is 13.2 Å². The summed E-state index contributed by atoms with van der Waals surface area (Å²) < 4.78 is 5.48. The lowest BCUT2D eigenvalue weighted by molar-refractivity contribution is 0.122. The van der Waals surface area contributed by atoms with Gasteiger partial charge in [-0.15, -0.1) is 10.2 Å². The van der Waals surface area contributed by atoms with Crippen LogP contribution in [0.25, 0.3) is 20.6 Å². The van der Waals surface area contributed by atoms with Gasteiger partial charge in [-0.2, -0.15) is 0 Å². The van der Waals surface area contributed by atoms with Crippen molar-refractivity contribution in [3.05, 3.63) is 11.1 Å². The summed E-state index contributed by atoms with van der Waals surface area (Å²) in [6.45, 7) is 5.36. The van der Waals surface area contributed by atoms with E-state index in [4.69, 9.17) is 14.7 Å². The molecule has 2 fully saturated rings. The summed E-state index contributed by atoms with van der Waals surface area (Å²) in [5.74, 6) is 1.96. The third-order valence-electron chi connectivity index (χ3n) is 6.49. The number of hydrogen-bond acceptors (Lipinski definition) is 8. The first-order valence-electron chi connectivity index (χ1n) is 10.9. The van der Waals surface area contributed by atoms with E-state index in [2.05, 4.69) is 20.0 Å². The fraction of sp³-hybridized carbons (Fsp3) is 0.619. The van der Waals surface area contributed by atoms with Gasteiger partial charge in [0.1, 0.15) is 16.2 Å². The maximum atomic E-state index is 5.48. The van der Waals surface area contributed by atoms with Gasteiger partial charge in [-0.25, -0.2) is 9.97 Å². The zero-order chi connectivity index (χ0) is 19.2. The third-order valence-corrected chi connectivity index (χ3v) is 7.44. The van der Waals surface area contributed by atoms with Crippen molar-refractivity contribution in [2.75, 3.05) is 49.2 Å². The normalized spacial score (nSPS) is 20.4. The van der Waals surface area contributed by atoms with Crippen LogP contribution in [-0.4, -0.2) is 59.6 Å². The first-order chi connectivity index (χ1) is 14.4. The van der Waals surface area contributed by atoms with E-state index < -0.39 is 0 Å². The fourth-order valence-electron chi connectivity index (χ4n) is 4.99. The Hall–Kier alpha value is -2.06. The van der Waals surface area contributed by atoms with Crippen molar-refractivity contribution >= 4 is 43.7 Å². The van der Waals surface area contributed by atoms with Gasteiger partial charge in [0.2, 0.25) is 5.95 Å². The number of thiophene rings is 1. The lowest BCUT2D eigenvalue weighted by Crippen LogP contribution is -2.37. The molecule has 29 heavy (non-hydrogen) atoms. The molecular formula is C21H26N6OS. The van der Waals surface area contributed by atoms with E-state index in [1.807, 2.05) is 0 Å². The standard InChI is InChI=1S/C21H26N6OS/c1-4-8-26(9-5-1)18-15-7-3-2-6-14(15)16-17-20(29-19(16)23-18)24-25-21(22-17)27-10-12-28-13-11-27/h1-13H2. The molecule has 3 aliphatic rings. The molecule has 2 saturated heterocycles. The Bertz CT molecular complexity index is 1050. The molecule has 8 heteroatoms. The number of morpholine rings is 1. The second-order valence-electron chi connectivity index (χ2n) is 8.29. The second kappa shape index (κ2) is 7.32. The number of aromatic nitrogens is 4. The van der Waals surface area contributed by atoms with Gasteiger partial charge in [-0.1, -0.05) is 11.3 Å². The number of fused-ring (bicyclic) bond motifs is 5. The Labute approximate surface area is 174 Å². The summed E-state index contributed by atoms with van der Waals surface area (Å²) in [6.07, 6.45) is 8.66. The molecular weight excluding hydrogens is 384 g/mol. The van der Waals surface area contributed by atoms with Crippen LogP contribution in [0.2, 0.25) is 0 Å². The van der Waals surface area contributed by atoms with Crippen LogP contribution in [0.5, 0.6) is 0 Å². The molecule has 7 nitrogen and oxygen atoms in total. The highest BCUT2D eigenvalue weighted by Crippen LogP contribution is 2.41. The highest BCUT2D eigenvalue weighted by molar-refractivity contribution is 7.25. The molecule has 0 unspecified atom stereocenters. The molecule has 2 aliphatic heterocycles. The SMILES string of the molecule is C1CCN(c2nc3sc4nnc(N5CCOCC5)nc4c3c3c2CCCC3)CC1. The zero-order valence-electron chi connectivity index (χ0n) is 16.7. The van der Waals surface area contributed by atoms with Crippen LogP contribution in [0.4, 0.5) is 11.8 Å². The van der Waals surface area contributed by atoms with Crippen molar-refractivity contribution in [3.8, 4) is 0 Å². The van der Waals surface area contributed by atoms with Gasteiger partial charge in [0, 0.05) is 31.6 Å². The zero-order valence-corrected chi connectivity index (χ0v) is 17.5. The minimum Gasteiger partial charge on any atom is -0.378 e. The highest BCUT2D eigenvalue weighted by atomic mass is 32.1. The number of piperidine rings is 1. The molecule has 0 saturated carbocycles. The van der Waals surface area contributed by atoms with Crippen LogP contribution in [0.3, 0.4) is 0 Å². The molecule has 0 N–H and O–H groups in total. The molecule has 3 aromatic rings. The third kappa shape index (κ3) is 3.04. The molecule has 0 atom stereocenters. The van der Waals surface area contributed by atoms with Crippen molar-refractivity contribution in [2.24, 2.45) is 0 Å². The van der Waals surface area contributed by atoms with Crippen molar-refractivity contribution in [3.63, 3.8) is 0 Å². The molecule has 1 aliphatic carbocycles. The van der Waals surface area contributed by atoms with Crippen molar-refractivity contribution in [2.45, 2.75) is 44.9 Å². The van der Waals surface area contributed by atoms with E-state index in [1.165, 1.54) is 54.4 Å². The van der Waals surface area contributed by atoms with E-state index in [1.54, 1.807) is 11.3 Å². The smallest absolute Gasteiger partial charge is 0.246 e. The number of aryl methyl sites for hydroxylation is 1. The summed E-state index contributed by atoms with van der Waals surface area (Å²) in [6, 6.07) is 0. The predicted molar refractivity (Wildman–Crippen MR) is 116 cm³/mol. The molecule has 0 spiro atoms. The molecule has 5 heterocycles. The Morgan fingerprint density at radius 2 is 1.52 bits per heavy atom. The highest BCUT2D eigenvalue weighted by Gasteiger charge is 2.26. The maximum absolute atomic E-state index is 5.48. The summed E-state index contributed by atoms with van der Waals surface area (Å²) in [5, 5.41) is 10.2. The van der Waals surface area contributed by atoms with Crippen LogP contribution < -0.4 is 9.80 Å². The quantitative estimate of drug-likeness (QED) is 0.642. The topological polar surface area (TPSA) is 67.3 Å². The monoisotopic (exact) mass is 410 g/mol. The number of ether oxygens (including phenoxy) is 1. The van der Waals surface area contributed by atoms with Crippen LogP contribution in [-0.2, 0) is 17.6 Å². The summed E-state index contributed by atoms with van der Waals surface area (Å²) in [4.78, 5) is 16.9. The number of pyridine rings is 1. The van der Waals surface area contributed by atoms with Crippen molar-refractivity contribution in [1.29, 1.82) is 0 Å². The minimum atomic E-state index is 0.724. The minimum absolute atomic E-state index is 0.724. The average molecular weight is 411 g/mol. The molecule has 3 aromatic heterocycles. The lowest BCUT2D eigenvalue weighted by atomic mass is 9.89. The van der Waals surface area contributed by atoms with Crippen LogP contribution in [0.1, 0.15) is 43.2 Å². The summed E-state index contributed by atoms with van der Waals surface area (Å²) in [5.41, 5.74) is 3.94. The van der Waals surface area contributed by atoms with Crippen LogP contribution in [0, 0.1) is 0 Å². The Balaban J connectivity index is 1.53. The average Bonchev–Trinajstić information content (AvgIpc) is 3.17. The Kier molecular flexibility index (Phi) is 4.49. The molecule has 0 amide bonds. The predicted octanol–water partition coefficient (Wildman–Crippen LogP) is 3.34. The van der Waals surface area contributed by atoms with E-state index in [0.717, 1.165) is 73.4 Å². The Morgan fingerprint density at radius 1 is 0.724 bits per heavy atom. The van der Waals surface area contributed by atoms with Gasteiger partial charge in [-0.3, -0.25) is 0 Å². The number of nitrogens with zero attached hydrogens (tertiary/aromatic N) is 6. The van der Waals surface area contributed by atoms with Gasteiger partial charge < -0.3 is 14.5 Å². The van der Waals surface area contributed by atoms with E-state index >= 15 is 0 Å². The van der Waals surface area contributed by atoms with Gasteiger partial charge in [0.25, 0.3) is 0 Å². The molecule has 152 valence electrons. The largest absolute Gasteiger partial charge is 0.378 e. The van der Waals surface area contributed by atoms with Gasteiger partial charge in [-0.05, 0) is 56.1 Å². The van der Waals surface area contributed by atoms with Crippen molar-refractivity contribution in [1.82, 2.24) is 20.2 Å². The van der Waals surface area contributed by atoms with E-state index in [-0.39, 0.29) is 0 Å². The Morgan fingerprint density at radius 3 is 2.34 bits per heavy atom. The second-order valence-corrected chi connectivity index (χ2v) is 9.27. The fourth-order valence-corrected chi connectivity index (χ4v) is 5.95. The van der Waals surface area contributed by atoms with Crippen LogP contribution in [0.15, 0.2) is 0 Å². The molecule has 6 rings (SSSR count). The van der Waals surface area contributed by atoms with Crippen LogP contribution >= 0.6 is 11.3 Å². The van der Waals surface area contributed by atoms with Gasteiger partial charge >= 0.3 is 0 Å². The number of anilines is 2. The summed E-state index contributed by atoms with van der Waals surface area (Å²) >= 11 is 1.65. The molecule has 0 aromatic carbocycles. The number of hydrogen-bond donors (Lipinski definition) is 0. The summed E-state index contributed by atoms with van der Waals surface area (Å²) in [7, 11) is 0. The lowest BCUT2D eigenvalue weighted by Gasteiger charge is -2.31. The first kappa shape index (κ1) is 17.8. The molecule has 0 bridgehead atoms. The van der Waals surface area contributed by atoms with Gasteiger partial charge in [0.15, 0.2) is 4.83 Å². The number of rotatable bonds is 2. The van der Waals surface area contributed by atoms with E-state index in [9.17, 15) is 0 Å². The van der Waals surface area contributed by atoms with E-state index in [0.29, 0.717) is 0 Å². The maximum Gasteiger partial charge on any atom is 0.246 e.